The summed E-state index contributed by atoms with van der Waals surface area (Å²) in [6, 6.07) is 17.6. The van der Waals surface area contributed by atoms with Gasteiger partial charge in [-0.3, -0.25) is 9.59 Å². The number of ether oxygens (including phenoxy) is 4. The Morgan fingerprint density at radius 3 is 1.25 bits per heavy atom. The van der Waals surface area contributed by atoms with E-state index in [-0.39, 0.29) is 11.8 Å². The Hall–Kier alpha value is -4.72. The zero-order valence-corrected chi connectivity index (χ0v) is 20.5. The van der Waals surface area contributed by atoms with E-state index in [1.54, 1.807) is 89.1 Å². The maximum absolute atomic E-state index is 12.3. The number of rotatable bonds is 10. The first-order chi connectivity index (χ1) is 17.4. The van der Waals surface area contributed by atoms with Gasteiger partial charge in [-0.05, 0) is 71.8 Å². The lowest BCUT2D eigenvalue weighted by atomic mass is 10.2. The Kier molecular flexibility index (Phi) is 9.11. The lowest BCUT2D eigenvalue weighted by Crippen LogP contribution is -2.09. The third-order valence-corrected chi connectivity index (χ3v) is 5.09. The number of hydrogen-bond acceptors (Lipinski definition) is 6. The Balaban J connectivity index is 1.54. The summed E-state index contributed by atoms with van der Waals surface area (Å²) in [4.78, 5) is 24.6. The van der Waals surface area contributed by atoms with Crippen molar-refractivity contribution in [1.82, 2.24) is 0 Å². The molecule has 186 valence electrons. The summed E-state index contributed by atoms with van der Waals surface area (Å²) in [5.41, 5.74) is 2.77. The highest BCUT2D eigenvalue weighted by molar-refractivity contribution is 6.03. The third kappa shape index (κ3) is 7.14. The molecule has 0 aliphatic rings. The van der Waals surface area contributed by atoms with E-state index in [4.69, 9.17) is 18.9 Å². The van der Waals surface area contributed by atoms with E-state index in [9.17, 15) is 9.59 Å². The van der Waals surface area contributed by atoms with Crippen molar-refractivity contribution in [3.8, 4) is 23.0 Å². The van der Waals surface area contributed by atoms with Crippen LogP contribution in [-0.2, 0) is 9.59 Å². The molecule has 0 unspecified atom stereocenters. The fraction of sp³-hybridized carbons (Fsp3) is 0.143. The zero-order chi connectivity index (χ0) is 25.9. The molecule has 0 radical (unpaired) electrons. The fourth-order valence-corrected chi connectivity index (χ4v) is 3.26. The van der Waals surface area contributed by atoms with Crippen molar-refractivity contribution in [1.29, 1.82) is 0 Å². The lowest BCUT2D eigenvalue weighted by Gasteiger charge is -2.08. The van der Waals surface area contributed by atoms with Gasteiger partial charge in [0.05, 0.1) is 28.4 Å². The molecule has 0 aliphatic heterocycles. The number of hydrogen-bond donors (Lipinski definition) is 2. The fourth-order valence-electron chi connectivity index (χ4n) is 3.26. The van der Waals surface area contributed by atoms with Crippen LogP contribution < -0.4 is 29.6 Å². The summed E-state index contributed by atoms with van der Waals surface area (Å²) < 4.78 is 21.0. The van der Waals surface area contributed by atoms with Gasteiger partial charge < -0.3 is 29.6 Å². The summed E-state index contributed by atoms with van der Waals surface area (Å²) in [5, 5.41) is 5.56. The van der Waals surface area contributed by atoms with E-state index in [1.165, 1.54) is 12.2 Å². The van der Waals surface area contributed by atoms with Crippen LogP contribution in [0.2, 0.25) is 0 Å². The Morgan fingerprint density at radius 1 is 0.556 bits per heavy atom. The second-order valence-corrected chi connectivity index (χ2v) is 7.45. The maximum atomic E-state index is 12.3. The molecule has 8 nitrogen and oxygen atoms in total. The highest BCUT2D eigenvalue weighted by Crippen LogP contribution is 2.29. The van der Waals surface area contributed by atoms with E-state index < -0.39 is 0 Å². The minimum atomic E-state index is -0.292. The largest absolute Gasteiger partial charge is 0.493 e. The molecule has 3 rings (SSSR count). The van der Waals surface area contributed by atoms with Crippen LogP contribution in [0, 0.1) is 0 Å². The van der Waals surface area contributed by atoms with E-state index in [2.05, 4.69) is 10.6 Å². The number of benzene rings is 3. The van der Waals surface area contributed by atoms with Crippen LogP contribution in [0.4, 0.5) is 11.4 Å². The predicted octanol–water partition coefficient (Wildman–Crippen LogP) is 5.02. The Bertz CT molecular complexity index is 1170. The highest BCUT2D eigenvalue weighted by atomic mass is 16.5. The molecule has 8 heteroatoms. The standard InChI is InChI=1S/C28H28N2O6/c1-33-23-13-5-19(17-25(23)35-3)7-15-27(31)29-21-9-11-22(12-10-21)30-28(32)16-8-20-6-14-24(34-2)26(18-20)36-4/h5-18H,1-4H3,(H,29,31)(H,30,32)/b15-7+,16-8+. The van der Waals surface area contributed by atoms with Crippen molar-refractivity contribution in [2.75, 3.05) is 39.1 Å². The molecule has 2 amide bonds. The Morgan fingerprint density at radius 2 is 0.917 bits per heavy atom. The molecular weight excluding hydrogens is 460 g/mol. The van der Waals surface area contributed by atoms with Crippen LogP contribution in [0.3, 0.4) is 0 Å². The molecule has 2 N–H and O–H groups in total. The lowest BCUT2D eigenvalue weighted by molar-refractivity contribution is -0.112. The number of carbonyl (C=O) groups excluding carboxylic acids is 2. The van der Waals surface area contributed by atoms with Crippen LogP contribution in [0.15, 0.2) is 72.8 Å². The first kappa shape index (κ1) is 25.9. The van der Waals surface area contributed by atoms with E-state index in [0.717, 1.165) is 11.1 Å². The predicted molar refractivity (Wildman–Crippen MR) is 141 cm³/mol. The molecular formula is C28H28N2O6. The van der Waals surface area contributed by atoms with Crippen LogP contribution in [0.25, 0.3) is 12.2 Å². The number of methoxy groups -OCH3 is 4. The van der Waals surface area contributed by atoms with Crippen LogP contribution >= 0.6 is 0 Å². The molecule has 0 fully saturated rings. The molecule has 0 bridgehead atoms. The van der Waals surface area contributed by atoms with Crippen molar-refractivity contribution in [3.05, 3.63) is 83.9 Å². The molecule has 0 spiro atoms. The topological polar surface area (TPSA) is 95.1 Å². The first-order valence-corrected chi connectivity index (χ1v) is 11.0. The van der Waals surface area contributed by atoms with E-state index in [0.29, 0.717) is 34.4 Å². The summed E-state index contributed by atoms with van der Waals surface area (Å²) in [5.74, 6) is 1.80. The number of nitrogens with one attached hydrogen (secondary N) is 2. The quantitative estimate of drug-likeness (QED) is 0.389. The minimum Gasteiger partial charge on any atom is -0.493 e. The third-order valence-electron chi connectivity index (χ3n) is 5.09. The van der Waals surface area contributed by atoms with Gasteiger partial charge in [0.2, 0.25) is 11.8 Å². The number of carbonyl (C=O) groups is 2. The van der Waals surface area contributed by atoms with Crippen molar-refractivity contribution < 1.29 is 28.5 Å². The van der Waals surface area contributed by atoms with E-state index >= 15 is 0 Å². The van der Waals surface area contributed by atoms with E-state index in [1.807, 2.05) is 12.1 Å². The molecule has 0 atom stereocenters. The van der Waals surface area contributed by atoms with Crippen LogP contribution in [0.5, 0.6) is 23.0 Å². The summed E-state index contributed by atoms with van der Waals surface area (Å²) in [7, 11) is 6.24. The van der Waals surface area contributed by atoms with Gasteiger partial charge in [0.15, 0.2) is 23.0 Å². The van der Waals surface area contributed by atoms with Gasteiger partial charge in [0.25, 0.3) is 0 Å². The van der Waals surface area contributed by atoms with Gasteiger partial charge in [0, 0.05) is 23.5 Å². The normalized spacial score (nSPS) is 10.8. The average molecular weight is 489 g/mol. The first-order valence-electron chi connectivity index (χ1n) is 11.0. The molecule has 0 heterocycles. The van der Waals surface area contributed by atoms with Crippen LogP contribution in [-0.4, -0.2) is 40.3 Å². The Labute approximate surface area is 210 Å². The van der Waals surface area contributed by atoms with Gasteiger partial charge in [-0.25, -0.2) is 0 Å². The summed E-state index contributed by atoms with van der Waals surface area (Å²) in [6.07, 6.45) is 6.21. The van der Waals surface area contributed by atoms with Gasteiger partial charge in [0.1, 0.15) is 0 Å². The van der Waals surface area contributed by atoms with Crippen molar-refractivity contribution in [2.45, 2.75) is 0 Å². The second kappa shape index (κ2) is 12.7. The summed E-state index contributed by atoms with van der Waals surface area (Å²) in [6.45, 7) is 0. The number of anilines is 2. The molecule has 0 saturated heterocycles. The molecule has 3 aromatic rings. The average Bonchev–Trinajstić information content (AvgIpc) is 2.91. The SMILES string of the molecule is COc1ccc(/C=C/C(=O)Nc2ccc(NC(=O)/C=C/c3ccc(OC)c(OC)c3)cc2)cc1OC. The van der Waals surface area contributed by atoms with Gasteiger partial charge in [-0.2, -0.15) is 0 Å². The zero-order valence-electron chi connectivity index (χ0n) is 20.5. The maximum Gasteiger partial charge on any atom is 0.248 e. The van der Waals surface area contributed by atoms with Gasteiger partial charge in [-0.15, -0.1) is 0 Å². The summed E-state index contributed by atoms with van der Waals surface area (Å²) >= 11 is 0. The molecule has 36 heavy (non-hydrogen) atoms. The monoisotopic (exact) mass is 488 g/mol. The highest BCUT2D eigenvalue weighted by Gasteiger charge is 2.05. The molecule has 3 aromatic carbocycles. The van der Waals surface area contributed by atoms with Crippen molar-refractivity contribution >= 4 is 35.3 Å². The van der Waals surface area contributed by atoms with Crippen LogP contribution in [0.1, 0.15) is 11.1 Å². The van der Waals surface area contributed by atoms with Crippen molar-refractivity contribution in [3.63, 3.8) is 0 Å². The van der Waals surface area contributed by atoms with Crippen molar-refractivity contribution in [2.24, 2.45) is 0 Å². The van der Waals surface area contributed by atoms with Gasteiger partial charge in [-0.1, -0.05) is 12.1 Å². The van der Waals surface area contributed by atoms with Gasteiger partial charge >= 0.3 is 0 Å². The smallest absolute Gasteiger partial charge is 0.248 e. The molecule has 0 saturated carbocycles. The second-order valence-electron chi connectivity index (χ2n) is 7.45. The molecule has 0 aromatic heterocycles. The number of amides is 2. The minimum absolute atomic E-state index is 0.292. The molecule has 0 aliphatic carbocycles.